The molecular formula is C28H26F3N5O3. The summed E-state index contributed by atoms with van der Waals surface area (Å²) in [7, 11) is 0. The topological polar surface area (TPSA) is 84.0 Å². The van der Waals surface area contributed by atoms with E-state index in [9.17, 15) is 28.1 Å². The van der Waals surface area contributed by atoms with Gasteiger partial charge in [0.15, 0.2) is 0 Å². The van der Waals surface area contributed by atoms with Crippen molar-refractivity contribution in [1.82, 2.24) is 14.3 Å². The van der Waals surface area contributed by atoms with Crippen LogP contribution in [0.4, 0.5) is 24.5 Å². The minimum atomic E-state index is -4.50. The van der Waals surface area contributed by atoms with E-state index in [1.807, 2.05) is 34.6 Å². The highest BCUT2D eigenvalue weighted by Crippen LogP contribution is 2.35. The molecule has 0 saturated carbocycles. The van der Waals surface area contributed by atoms with Gasteiger partial charge in [-0.05, 0) is 48.4 Å². The van der Waals surface area contributed by atoms with Crippen molar-refractivity contribution >= 4 is 22.9 Å². The number of hydrogen-bond acceptors (Lipinski definition) is 5. The molecule has 0 N–H and O–H groups in total. The number of halogens is 3. The second kappa shape index (κ2) is 10.4. The van der Waals surface area contributed by atoms with Gasteiger partial charge >= 0.3 is 6.18 Å². The summed E-state index contributed by atoms with van der Waals surface area (Å²) in [5, 5.41) is 10.9. The third kappa shape index (κ3) is 5.57. The second-order valence-electron chi connectivity index (χ2n) is 9.64. The number of hydrogen-bond donors (Lipinski definition) is 0. The molecule has 202 valence electrons. The van der Waals surface area contributed by atoms with Crippen LogP contribution < -0.4 is 4.90 Å². The van der Waals surface area contributed by atoms with E-state index in [-0.39, 0.29) is 18.0 Å². The molecule has 2 aromatic heterocycles. The molecule has 1 fully saturated rings. The van der Waals surface area contributed by atoms with Gasteiger partial charge in [-0.25, -0.2) is 4.98 Å². The Morgan fingerprint density at radius 3 is 2.44 bits per heavy atom. The molecule has 1 unspecified atom stereocenters. The summed E-state index contributed by atoms with van der Waals surface area (Å²) in [5.41, 5.74) is 2.76. The zero-order valence-corrected chi connectivity index (χ0v) is 21.1. The number of carbonyl (C=O) groups excluding carboxylic acids is 1. The lowest BCUT2D eigenvalue weighted by molar-refractivity contribution is -0.384. The Morgan fingerprint density at radius 2 is 1.77 bits per heavy atom. The van der Waals surface area contributed by atoms with E-state index >= 15 is 0 Å². The van der Waals surface area contributed by atoms with Crippen molar-refractivity contribution in [2.45, 2.75) is 25.4 Å². The SMILES string of the molecule is Cc1ccn2c(C(CC(=O)N3CCN(c4ccc([N+](=O)[O-])cc4)CC3)c3cccc(C(F)(F)F)c3)cnc2c1. The fraction of sp³-hybridized carbons (Fsp3) is 0.286. The fourth-order valence-corrected chi connectivity index (χ4v) is 4.99. The van der Waals surface area contributed by atoms with Crippen LogP contribution in [0.25, 0.3) is 5.65 Å². The summed E-state index contributed by atoms with van der Waals surface area (Å²) in [5.74, 6) is -0.798. The Hall–Kier alpha value is -4.41. The number of nitro groups is 1. The summed E-state index contributed by atoms with van der Waals surface area (Å²) < 4.78 is 42.4. The first-order valence-corrected chi connectivity index (χ1v) is 12.5. The number of piperazine rings is 1. The molecule has 1 aliphatic rings. The average molecular weight is 538 g/mol. The molecular weight excluding hydrogens is 511 g/mol. The summed E-state index contributed by atoms with van der Waals surface area (Å²) in [4.78, 5) is 32.2. The number of rotatable bonds is 6. The number of non-ortho nitro benzene ring substituents is 1. The first-order valence-electron chi connectivity index (χ1n) is 12.5. The molecule has 0 spiro atoms. The molecule has 4 aromatic rings. The number of fused-ring (bicyclic) bond motifs is 1. The van der Waals surface area contributed by atoms with E-state index in [0.29, 0.717) is 43.1 Å². The van der Waals surface area contributed by atoms with Gasteiger partial charge in [0.05, 0.1) is 16.2 Å². The van der Waals surface area contributed by atoms with Gasteiger partial charge in [-0.15, -0.1) is 0 Å². The lowest BCUT2D eigenvalue weighted by Gasteiger charge is -2.36. The lowest BCUT2D eigenvalue weighted by atomic mass is 9.90. The number of nitro benzene ring substituents is 1. The first kappa shape index (κ1) is 26.2. The number of imidazole rings is 1. The van der Waals surface area contributed by atoms with Gasteiger partial charge in [-0.1, -0.05) is 18.2 Å². The first-order chi connectivity index (χ1) is 18.6. The third-order valence-corrected chi connectivity index (χ3v) is 7.11. The quantitative estimate of drug-likeness (QED) is 0.242. The van der Waals surface area contributed by atoms with Crippen LogP contribution in [0.5, 0.6) is 0 Å². The van der Waals surface area contributed by atoms with Crippen molar-refractivity contribution in [3.8, 4) is 0 Å². The van der Waals surface area contributed by atoms with Crippen LogP contribution >= 0.6 is 0 Å². The molecule has 3 heterocycles. The molecule has 11 heteroatoms. The van der Waals surface area contributed by atoms with Gasteiger partial charge in [-0.2, -0.15) is 13.2 Å². The maximum absolute atomic E-state index is 13.5. The molecule has 0 bridgehead atoms. The summed E-state index contributed by atoms with van der Waals surface area (Å²) >= 11 is 0. The number of nitrogens with zero attached hydrogens (tertiary/aromatic N) is 5. The maximum Gasteiger partial charge on any atom is 0.416 e. The van der Waals surface area contributed by atoms with Gasteiger partial charge in [0.25, 0.3) is 5.69 Å². The molecule has 5 rings (SSSR count). The van der Waals surface area contributed by atoms with Gasteiger partial charge < -0.3 is 14.2 Å². The molecule has 1 aliphatic heterocycles. The summed E-state index contributed by atoms with van der Waals surface area (Å²) in [6, 6.07) is 15.2. The third-order valence-electron chi connectivity index (χ3n) is 7.11. The molecule has 8 nitrogen and oxygen atoms in total. The predicted molar refractivity (Wildman–Crippen MR) is 140 cm³/mol. The van der Waals surface area contributed by atoms with Gasteiger partial charge in [0, 0.05) is 68.7 Å². The van der Waals surface area contributed by atoms with Crippen molar-refractivity contribution in [1.29, 1.82) is 0 Å². The number of carbonyl (C=O) groups is 1. The van der Waals surface area contributed by atoms with Crippen molar-refractivity contribution in [2.75, 3.05) is 31.1 Å². The molecule has 0 radical (unpaired) electrons. The van der Waals surface area contributed by atoms with Gasteiger partial charge in [0.1, 0.15) is 5.65 Å². The van der Waals surface area contributed by atoms with Crippen LogP contribution in [0.2, 0.25) is 0 Å². The molecule has 0 aliphatic carbocycles. The van der Waals surface area contributed by atoms with Crippen LogP contribution in [0.1, 0.15) is 34.7 Å². The van der Waals surface area contributed by atoms with E-state index in [0.717, 1.165) is 23.4 Å². The monoisotopic (exact) mass is 537 g/mol. The number of aromatic nitrogens is 2. The number of amides is 1. The standard InChI is InChI=1S/C28H26F3N5O3/c1-19-9-10-35-25(18-32-26(35)15-19)24(20-3-2-4-21(16-20)28(29,30)31)17-27(37)34-13-11-33(12-14-34)22-5-7-23(8-6-22)36(38)39/h2-10,15-16,18,24H,11-14,17H2,1H3. The molecule has 39 heavy (non-hydrogen) atoms. The molecule has 1 amide bonds. The highest BCUT2D eigenvalue weighted by atomic mass is 19.4. The summed E-state index contributed by atoms with van der Waals surface area (Å²) in [6.07, 6.45) is -1.07. The van der Waals surface area contributed by atoms with E-state index < -0.39 is 22.6 Å². The van der Waals surface area contributed by atoms with Crippen LogP contribution in [0.3, 0.4) is 0 Å². The molecule has 1 saturated heterocycles. The zero-order valence-electron chi connectivity index (χ0n) is 21.1. The second-order valence-corrected chi connectivity index (χ2v) is 9.64. The van der Waals surface area contributed by atoms with Crippen LogP contribution in [-0.2, 0) is 11.0 Å². The predicted octanol–water partition coefficient (Wildman–Crippen LogP) is 5.44. The Morgan fingerprint density at radius 1 is 1.05 bits per heavy atom. The number of pyridine rings is 1. The van der Waals surface area contributed by atoms with Gasteiger partial charge in [0.2, 0.25) is 5.91 Å². The number of benzene rings is 2. The maximum atomic E-state index is 13.5. The Kier molecular flexibility index (Phi) is 6.98. The molecule has 1 atom stereocenters. The van der Waals surface area contributed by atoms with Crippen molar-refractivity contribution in [3.63, 3.8) is 0 Å². The highest BCUT2D eigenvalue weighted by Gasteiger charge is 2.33. The van der Waals surface area contributed by atoms with E-state index in [2.05, 4.69) is 4.98 Å². The Balaban J connectivity index is 1.37. The van der Waals surface area contributed by atoms with Crippen molar-refractivity contribution in [2.24, 2.45) is 0 Å². The normalized spacial score (nSPS) is 15.0. The van der Waals surface area contributed by atoms with E-state index in [4.69, 9.17) is 0 Å². The number of aryl methyl sites for hydroxylation is 1. The molecule has 2 aromatic carbocycles. The van der Waals surface area contributed by atoms with Crippen LogP contribution in [0.15, 0.2) is 73.1 Å². The van der Waals surface area contributed by atoms with E-state index in [1.165, 1.54) is 18.2 Å². The number of anilines is 1. The van der Waals surface area contributed by atoms with E-state index in [1.54, 1.807) is 29.3 Å². The Bertz CT molecular complexity index is 1510. The Labute approximate surface area is 222 Å². The minimum absolute atomic E-state index is 0.00996. The highest BCUT2D eigenvalue weighted by molar-refractivity contribution is 5.78. The fourth-order valence-electron chi connectivity index (χ4n) is 4.99. The lowest BCUT2D eigenvalue weighted by Crippen LogP contribution is -2.49. The smallest absolute Gasteiger partial charge is 0.368 e. The number of alkyl halides is 3. The minimum Gasteiger partial charge on any atom is -0.368 e. The largest absolute Gasteiger partial charge is 0.416 e. The van der Waals surface area contributed by atoms with Crippen LogP contribution in [0, 0.1) is 17.0 Å². The van der Waals surface area contributed by atoms with Gasteiger partial charge in [-0.3, -0.25) is 14.9 Å². The average Bonchev–Trinajstić information content (AvgIpc) is 3.34. The summed E-state index contributed by atoms with van der Waals surface area (Å²) in [6.45, 7) is 3.85. The van der Waals surface area contributed by atoms with Crippen molar-refractivity contribution < 1.29 is 22.9 Å². The van der Waals surface area contributed by atoms with Crippen molar-refractivity contribution in [3.05, 3.63) is 106 Å². The zero-order chi connectivity index (χ0) is 27.7. The van der Waals surface area contributed by atoms with Crippen LogP contribution in [-0.4, -0.2) is 51.3 Å².